The minimum atomic E-state index is -1.83. The lowest BCUT2D eigenvalue weighted by Gasteiger charge is -1.89. The molecule has 60 valence electrons. The maximum absolute atomic E-state index is 10.1. The van der Waals surface area contributed by atoms with Crippen molar-refractivity contribution in [2.75, 3.05) is 6.61 Å². The van der Waals surface area contributed by atoms with Gasteiger partial charge >= 0.3 is 6.09 Å². The van der Waals surface area contributed by atoms with Gasteiger partial charge in [-0.1, -0.05) is 0 Å². The van der Waals surface area contributed by atoms with Gasteiger partial charge < -0.3 is 10.5 Å². The summed E-state index contributed by atoms with van der Waals surface area (Å²) in [5.41, 5.74) is 4.54. The monoisotopic (exact) mass is 153 g/mol. The van der Waals surface area contributed by atoms with Gasteiger partial charge in [0.2, 0.25) is 0 Å². The van der Waals surface area contributed by atoms with Crippen molar-refractivity contribution < 1.29 is 18.3 Å². The fourth-order valence-corrected chi connectivity index (χ4v) is 0.142. The van der Waals surface area contributed by atoms with Crippen LogP contribution in [0, 0.1) is 0 Å². The molecule has 2 N–H and O–H groups in total. The zero-order chi connectivity index (χ0) is 8.57. The molecular formula is C5H9F2NO2. The minimum Gasteiger partial charge on any atom is -0.450 e. The van der Waals surface area contributed by atoms with Gasteiger partial charge in [-0.05, 0) is 13.5 Å². The van der Waals surface area contributed by atoms with Crippen molar-refractivity contribution in [2.24, 2.45) is 5.73 Å². The number of carbonyl (C=O) groups excluding carboxylic acids is 1. The van der Waals surface area contributed by atoms with Crippen LogP contribution in [0.5, 0.6) is 0 Å². The van der Waals surface area contributed by atoms with E-state index in [2.05, 4.69) is 17.0 Å². The Hall–Kier alpha value is -1.13. The number of carbonyl (C=O) groups is 1. The lowest BCUT2D eigenvalue weighted by Crippen LogP contribution is -2.11. The SMILES string of the molecule is C=C(F)F.CCOC(N)=O. The predicted molar refractivity (Wildman–Crippen MR) is 32.6 cm³/mol. The Bertz CT molecular complexity index is 112. The molecule has 5 heteroatoms. The number of amides is 1. The molecule has 0 saturated heterocycles. The van der Waals surface area contributed by atoms with Crippen LogP contribution in [0.15, 0.2) is 12.7 Å². The molecule has 0 atom stereocenters. The van der Waals surface area contributed by atoms with Crippen LogP contribution in [0.4, 0.5) is 13.6 Å². The average molecular weight is 153 g/mol. The largest absolute Gasteiger partial charge is 0.450 e. The molecule has 0 aliphatic heterocycles. The first-order chi connectivity index (χ1) is 4.50. The van der Waals surface area contributed by atoms with E-state index in [1.54, 1.807) is 6.92 Å². The summed E-state index contributed by atoms with van der Waals surface area (Å²) in [5.74, 6) is 0. The summed E-state index contributed by atoms with van der Waals surface area (Å²) in [5, 5.41) is 0. The van der Waals surface area contributed by atoms with Crippen molar-refractivity contribution in [1.29, 1.82) is 0 Å². The molecule has 0 radical (unpaired) electrons. The Morgan fingerprint density at radius 3 is 2.00 bits per heavy atom. The zero-order valence-electron chi connectivity index (χ0n) is 5.56. The van der Waals surface area contributed by atoms with E-state index in [0.717, 1.165) is 0 Å². The standard InChI is InChI=1S/C3H7NO2.C2H2F2/c1-2-6-3(4)5;1-2(3)4/h2H2,1H3,(H2,4,5);1H2. The second-order valence-electron chi connectivity index (χ2n) is 1.09. The highest BCUT2D eigenvalue weighted by molar-refractivity contribution is 5.64. The maximum Gasteiger partial charge on any atom is 0.404 e. The van der Waals surface area contributed by atoms with Crippen LogP contribution < -0.4 is 5.73 Å². The van der Waals surface area contributed by atoms with Crippen LogP contribution in [0.1, 0.15) is 6.92 Å². The molecule has 3 nitrogen and oxygen atoms in total. The van der Waals surface area contributed by atoms with Crippen molar-refractivity contribution in [3.8, 4) is 0 Å². The van der Waals surface area contributed by atoms with E-state index < -0.39 is 12.2 Å². The highest BCUT2D eigenvalue weighted by Gasteiger charge is 1.82. The molecule has 0 aromatic carbocycles. The fraction of sp³-hybridized carbons (Fsp3) is 0.400. The number of primary amides is 1. The third kappa shape index (κ3) is 67.7. The maximum atomic E-state index is 10.1. The third-order valence-electron chi connectivity index (χ3n) is 0.287. The van der Waals surface area contributed by atoms with Gasteiger partial charge in [0.1, 0.15) is 0 Å². The molecule has 0 aromatic rings. The summed E-state index contributed by atoms with van der Waals surface area (Å²) in [6.07, 6.45) is -2.54. The summed E-state index contributed by atoms with van der Waals surface area (Å²) < 4.78 is 24.5. The lowest BCUT2D eigenvalue weighted by atomic mass is 10.9. The summed E-state index contributed by atoms with van der Waals surface area (Å²) in [4.78, 5) is 9.60. The Kier molecular flexibility index (Phi) is 9.16. The van der Waals surface area contributed by atoms with E-state index in [9.17, 15) is 13.6 Å². The van der Waals surface area contributed by atoms with Crippen molar-refractivity contribution >= 4 is 6.09 Å². The molecule has 1 amide bonds. The van der Waals surface area contributed by atoms with Crippen molar-refractivity contribution in [3.63, 3.8) is 0 Å². The predicted octanol–water partition coefficient (Wildman–Crippen LogP) is 1.50. The van der Waals surface area contributed by atoms with Gasteiger partial charge in [0.15, 0.2) is 0 Å². The Morgan fingerprint density at radius 1 is 1.70 bits per heavy atom. The van der Waals surface area contributed by atoms with E-state index in [0.29, 0.717) is 6.61 Å². The van der Waals surface area contributed by atoms with Gasteiger partial charge in [0.25, 0.3) is 6.08 Å². The topological polar surface area (TPSA) is 52.3 Å². The van der Waals surface area contributed by atoms with Gasteiger partial charge in [-0.3, -0.25) is 0 Å². The smallest absolute Gasteiger partial charge is 0.404 e. The van der Waals surface area contributed by atoms with E-state index in [4.69, 9.17) is 0 Å². The lowest BCUT2D eigenvalue weighted by molar-refractivity contribution is 0.163. The van der Waals surface area contributed by atoms with Crippen LogP contribution in [0.25, 0.3) is 0 Å². The minimum absolute atomic E-state index is 0.356. The second kappa shape index (κ2) is 7.87. The molecule has 0 spiro atoms. The van der Waals surface area contributed by atoms with Crippen LogP contribution >= 0.6 is 0 Å². The molecule has 10 heavy (non-hydrogen) atoms. The summed E-state index contributed by atoms with van der Waals surface area (Å²) in [6, 6.07) is 0. The Balaban J connectivity index is 0. The van der Waals surface area contributed by atoms with Crippen LogP contribution in [0.3, 0.4) is 0 Å². The molecule has 0 saturated carbocycles. The quantitative estimate of drug-likeness (QED) is 0.620. The average Bonchev–Trinajstić information content (AvgIpc) is 1.62. The number of ether oxygens (including phenoxy) is 1. The second-order valence-corrected chi connectivity index (χ2v) is 1.09. The van der Waals surface area contributed by atoms with Crippen LogP contribution in [0.2, 0.25) is 0 Å². The van der Waals surface area contributed by atoms with Crippen LogP contribution in [-0.4, -0.2) is 12.7 Å². The van der Waals surface area contributed by atoms with Crippen molar-refractivity contribution in [3.05, 3.63) is 12.7 Å². The first-order valence-corrected chi connectivity index (χ1v) is 2.42. The molecule has 0 aliphatic rings. The van der Waals surface area contributed by atoms with E-state index in [-0.39, 0.29) is 0 Å². The first kappa shape index (κ1) is 11.6. The molecule has 0 bridgehead atoms. The first-order valence-electron chi connectivity index (χ1n) is 2.42. The molecule has 0 rings (SSSR count). The van der Waals surface area contributed by atoms with Crippen molar-refractivity contribution in [1.82, 2.24) is 0 Å². The normalized spacial score (nSPS) is 7.10. The number of hydrogen-bond donors (Lipinski definition) is 1. The summed E-state index contributed by atoms with van der Waals surface area (Å²) in [6.45, 7) is 4.28. The number of nitrogens with two attached hydrogens (primary N) is 1. The molecular weight excluding hydrogens is 144 g/mol. The zero-order valence-corrected chi connectivity index (χ0v) is 5.56. The Labute approximate surface area is 57.5 Å². The summed E-state index contributed by atoms with van der Waals surface area (Å²) >= 11 is 0. The molecule has 0 aliphatic carbocycles. The van der Waals surface area contributed by atoms with Gasteiger partial charge in [-0.2, -0.15) is 8.78 Å². The van der Waals surface area contributed by atoms with Gasteiger partial charge in [0.05, 0.1) is 6.61 Å². The highest BCUT2D eigenvalue weighted by Crippen LogP contribution is 1.85. The molecule has 0 unspecified atom stereocenters. The van der Waals surface area contributed by atoms with Gasteiger partial charge in [-0.25, -0.2) is 4.79 Å². The van der Waals surface area contributed by atoms with Gasteiger partial charge in [-0.15, -0.1) is 0 Å². The third-order valence-corrected chi connectivity index (χ3v) is 0.287. The summed E-state index contributed by atoms with van der Waals surface area (Å²) in [7, 11) is 0. The molecule has 0 aromatic heterocycles. The van der Waals surface area contributed by atoms with E-state index >= 15 is 0 Å². The van der Waals surface area contributed by atoms with Crippen LogP contribution in [-0.2, 0) is 4.74 Å². The molecule has 0 fully saturated rings. The number of halogens is 2. The molecule has 0 heterocycles. The van der Waals surface area contributed by atoms with Gasteiger partial charge in [0, 0.05) is 0 Å². The van der Waals surface area contributed by atoms with E-state index in [1.807, 2.05) is 0 Å². The Morgan fingerprint density at radius 2 is 2.00 bits per heavy atom. The highest BCUT2D eigenvalue weighted by atomic mass is 19.3. The van der Waals surface area contributed by atoms with E-state index in [1.165, 1.54) is 0 Å². The number of hydrogen-bond acceptors (Lipinski definition) is 2. The van der Waals surface area contributed by atoms with Crippen molar-refractivity contribution in [2.45, 2.75) is 6.92 Å². The fourth-order valence-electron chi connectivity index (χ4n) is 0.142. The number of rotatable bonds is 1.